The molecule has 2 atom stereocenters. The molecule has 0 amide bonds. The van der Waals surface area contributed by atoms with Crippen LogP contribution >= 0.6 is 0 Å². The molecule has 1 aliphatic rings. The number of nitrogens with zero attached hydrogens (tertiary/aromatic N) is 2. The van der Waals surface area contributed by atoms with Crippen LogP contribution in [0.2, 0.25) is 0 Å². The molecule has 118 valence electrons. The molecule has 7 heteroatoms. The summed E-state index contributed by atoms with van der Waals surface area (Å²) in [5.41, 5.74) is 0.650. The van der Waals surface area contributed by atoms with Crippen molar-refractivity contribution in [1.29, 1.82) is 0 Å². The van der Waals surface area contributed by atoms with Gasteiger partial charge in [-0.15, -0.1) is 0 Å². The van der Waals surface area contributed by atoms with Crippen LogP contribution in [0.3, 0.4) is 0 Å². The van der Waals surface area contributed by atoms with Gasteiger partial charge in [0.1, 0.15) is 0 Å². The van der Waals surface area contributed by atoms with Gasteiger partial charge in [-0.05, 0) is 37.3 Å². The van der Waals surface area contributed by atoms with E-state index < -0.39 is 16.1 Å². The molecule has 1 fully saturated rings. The number of aliphatic hydroxyl groups is 1. The Kier molecular flexibility index (Phi) is 5.18. The van der Waals surface area contributed by atoms with Gasteiger partial charge in [0.25, 0.3) is 0 Å². The molecule has 6 nitrogen and oxygen atoms in total. The van der Waals surface area contributed by atoms with Crippen LogP contribution in [0, 0.1) is 5.92 Å². The zero-order valence-corrected chi connectivity index (χ0v) is 13.2. The van der Waals surface area contributed by atoms with Gasteiger partial charge >= 0.3 is 0 Å². The van der Waals surface area contributed by atoms with Gasteiger partial charge in [-0.2, -0.15) is 0 Å². The van der Waals surface area contributed by atoms with Gasteiger partial charge in [0.2, 0.25) is 15.9 Å². The molecule has 2 rings (SSSR count). The number of hydrogen-bond donors (Lipinski definition) is 1. The van der Waals surface area contributed by atoms with Gasteiger partial charge in [0, 0.05) is 24.8 Å². The van der Waals surface area contributed by atoms with Crippen LogP contribution in [-0.4, -0.2) is 49.3 Å². The van der Waals surface area contributed by atoms with E-state index in [9.17, 15) is 13.5 Å². The SMILES string of the molecule is COc1ncccc1C(O)CC1CCCN(S(C)(=O)=O)C1. The van der Waals surface area contributed by atoms with Crippen LogP contribution in [0.5, 0.6) is 5.88 Å². The fourth-order valence-corrected chi connectivity index (χ4v) is 3.73. The van der Waals surface area contributed by atoms with Gasteiger partial charge in [0.15, 0.2) is 0 Å². The first-order valence-corrected chi connectivity index (χ1v) is 8.88. The zero-order valence-electron chi connectivity index (χ0n) is 12.4. The van der Waals surface area contributed by atoms with Crippen LogP contribution in [0.4, 0.5) is 0 Å². The summed E-state index contributed by atoms with van der Waals surface area (Å²) in [5, 5.41) is 10.4. The topological polar surface area (TPSA) is 79.7 Å². The van der Waals surface area contributed by atoms with Gasteiger partial charge in [-0.1, -0.05) is 0 Å². The molecule has 0 saturated carbocycles. The van der Waals surface area contributed by atoms with Crippen molar-refractivity contribution >= 4 is 10.0 Å². The summed E-state index contributed by atoms with van der Waals surface area (Å²) in [6, 6.07) is 3.54. The Morgan fingerprint density at radius 1 is 1.57 bits per heavy atom. The molecule has 1 aromatic rings. The Labute approximate surface area is 125 Å². The average Bonchev–Trinajstić information content (AvgIpc) is 2.46. The lowest BCUT2D eigenvalue weighted by molar-refractivity contribution is 0.119. The Morgan fingerprint density at radius 3 is 3.00 bits per heavy atom. The minimum Gasteiger partial charge on any atom is -0.481 e. The largest absolute Gasteiger partial charge is 0.481 e. The fourth-order valence-electron chi connectivity index (χ4n) is 2.79. The molecule has 0 spiro atoms. The summed E-state index contributed by atoms with van der Waals surface area (Å²) in [6.45, 7) is 1.04. The highest BCUT2D eigenvalue weighted by atomic mass is 32.2. The molecular formula is C14H22N2O4S. The van der Waals surface area contributed by atoms with Crippen LogP contribution < -0.4 is 4.74 Å². The van der Waals surface area contributed by atoms with E-state index in [1.54, 1.807) is 18.3 Å². The lowest BCUT2D eigenvalue weighted by Crippen LogP contribution is -2.39. The summed E-state index contributed by atoms with van der Waals surface area (Å²) in [4.78, 5) is 4.08. The lowest BCUT2D eigenvalue weighted by Gasteiger charge is -2.32. The Balaban J connectivity index is 2.04. The number of rotatable bonds is 5. The van der Waals surface area contributed by atoms with E-state index in [0.717, 1.165) is 12.8 Å². The molecule has 1 aliphatic heterocycles. The number of ether oxygens (including phenoxy) is 1. The van der Waals surface area contributed by atoms with Crippen molar-refractivity contribution in [3.05, 3.63) is 23.9 Å². The van der Waals surface area contributed by atoms with Gasteiger partial charge in [0.05, 0.1) is 19.5 Å². The van der Waals surface area contributed by atoms with Gasteiger partial charge < -0.3 is 9.84 Å². The van der Waals surface area contributed by atoms with Crippen molar-refractivity contribution in [1.82, 2.24) is 9.29 Å². The number of piperidine rings is 1. The fraction of sp³-hybridized carbons (Fsp3) is 0.643. The Hall–Kier alpha value is -1.18. The first-order valence-electron chi connectivity index (χ1n) is 7.04. The number of hydrogen-bond acceptors (Lipinski definition) is 5. The van der Waals surface area contributed by atoms with E-state index in [1.807, 2.05) is 0 Å². The summed E-state index contributed by atoms with van der Waals surface area (Å²) in [7, 11) is -1.64. The van der Waals surface area contributed by atoms with Gasteiger partial charge in [-0.25, -0.2) is 17.7 Å². The molecule has 1 saturated heterocycles. The average molecular weight is 314 g/mol. The van der Waals surface area contributed by atoms with Crippen molar-refractivity contribution in [3.63, 3.8) is 0 Å². The van der Waals surface area contributed by atoms with E-state index in [2.05, 4.69) is 4.98 Å². The van der Waals surface area contributed by atoms with E-state index in [0.29, 0.717) is 31.0 Å². The third-order valence-corrected chi connectivity index (χ3v) is 5.13. The third kappa shape index (κ3) is 4.15. The molecule has 1 N–H and O–H groups in total. The second-order valence-corrected chi connectivity index (χ2v) is 7.47. The van der Waals surface area contributed by atoms with Crippen LogP contribution in [-0.2, 0) is 10.0 Å². The normalized spacial score (nSPS) is 22.0. The van der Waals surface area contributed by atoms with Crippen LogP contribution in [0.25, 0.3) is 0 Å². The molecule has 0 aromatic carbocycles. The van der Waals surface area contributed by atoms with Gasteiger partial charge in [-0.3, -0.25) is 0 Å². The predicted octanol–water partition coefficient (Wildman–Crippen LogP) is 1.19. The quantitative estimate of drug-likeness (QED) is 0.883. The molecule has 1 aromatic heterocycles. The van der Waals surface area contributed by atoms with Crippen molar-refractivity contribution in [2.24, 2.45) is 5.92 Å². The van der Waals surface area contributed by atoms with E-state index in [-0.39, 0.29) is 5.92 Å². The van der Waals surface area contributed by atoms with E-state index in [4.69, 9.17) is 4.74 Å². The summed E-state index contributed by atoms with van der Waals surface area (Å²) in [5.74, 6) is 0.564. The highest BCUT2D eigenvalue weighted by molar-refractivity contribution is 7.88. The maximum atomic E-state index is 11.6. The first kappa shape index (κ1) is 16.2. The first-order chi connectivity index (χ1) is 9.91. The summed E-state index contributed by atoms with van der Waals surface area (Å²) < 4.78 is 29.9. The second-order valence-electron chi connectivity index (χ2n) is 5.48. The van der Waals surface area contributed by atoms with Crippen LogP contribution in [0.15, 0.2) is 18.3 Å². The maximum absolute atomic E-state index is 11.6. The monoisotopic (exact) mass is 314 g/mol. The summed E-state index contributed by atoms with van der Waals surface area (Å²) in [6.07, 6.45) is 4.41. The lowest BCUT2D eigenvalue weighted by atomic mass is 9.91. The molecule has 0 aliphatic carbocycles. The number of aromatic nitrogens is 1. The standard InChI is InChI=1S/C14H22N2O4S/c1-20-14-12(6-3-7-15-14)13(17)9-11-5-4-8-16(10-11)21(2,18)19/h3,6-7,11,13,17H,4-5,8-10H2,1-2H3. The number of aliphatic hydroxyl groups excluding tert-OH is 1. The highest BCUT2D eigenvalue weighted by Crippen LogP contribution is 2.31. The smallest absolute Gasteiger partial charge is 0.218 e. The van der Waals surface area contributed by atoms with E-state index >= 15 is 0 Å². The van der Waals surface area contributed by atoms with E-state index in [1.165, 1.54) is 17.7 Å². The van der Waals surface area contributed by atoms with Crippen molar-refractivity contribution in [3.8, 4) is 5.88 Å². The third-order valence-electron chi connectivity index (χ3n) is 3.86. The zero-order chi connectivity index (χ0) is 15.5. The van der Waals surface area contributed by atoms with Crippen molar-refractivity contribution < 1.29 is 18.3 Å². The highest BCUT2D eigenvalue weighted by Gasteiger charge is 2.28. The van der Waals surface area contributed by atoms with Crippen molar-refractivity contribution in [2.75, 3.05) is 26.5 Å². The Morgan fingerprint density at radius 2 is 2.33 bits per heavy atom. The molecule has 0 bridgehead atoms. The number of sulfonamides is 1. The maximum Gasteiger partial charge on any atom is 0.218 e. The number of methoxy groups -OCH3 is 1. The molecular weight excluding hydrogens is 292 g/mol. The molecule has 2 heterocycles. The molecule has 0 radical (unpaired) electrons. The molecule has 21 heavy (non-hydrogen) atoms. The Bertz CT molecular complexity index is 576. The van der Waals surface area contributed by atoms with Crippen LogP contribution in [0.1, 0.15) is 30.9 Å². The van der Waals surface area contributed by atoms with Crippen molar-refractivity contribution in [2.45, 2.75) is 25.4 Å². The second kappa shape index (κ2) is 6.72. The summed E-state index contributed by atoms with van der Waals surface area (Å²) >= 11 is 0. The molecule has 2 unspecified atom stereocenters. The minimum atomic E-state index is -3.16. The predicted molar refractivity (Wildman–Crippen MR) is 79.5 cm³/mol. The number of pyridine rings is 1. The minimum absolute atomic E-state index is 0.147.